The lowest BCUT2D eigenvalue weighted by atomic mass is 10.2. The Morgan fingerprint density at radius 3 is 3.00 bits per heavy atom. The van der Waals surface area contributed by atoms with Crippen molar-refractivity contribution in [1.82, 2.24) is 15.6 Å². The summed E-state index contributed by atoms with van der Waals surface area (Å²) in [5.41, 5.74) is 0.825. The van der Waals surface area contributed by atoms with Gasteiger partial charge in [0.1, 0.15) is 10.4 Å². The SMILES string of the molecule is Cc1nc(CCNC(=O)[C@@H]2CCC(=O)N2)sc1Cl. The first-order chi connectivity index (χ1) is 8.56. The molecule has 2 rings (SSSR count). The van der Waals surface area contributed by atoms with Crippen molar-refractivity contribution in [3.05, 3.63) is 15.0 Å². The standard InChI is InChI=1S/C11H14ClN3O2S/c1-6-10(12)18-9(14-6)4-5-13-11(17)7-2-3-8(16)15-7/h7H,2-5H2,1H3,(H,13,17)(H,15,16)/t7-/m0/s1. The number of carbonyl (C=O) groups excluding carboxylic acids is 2. The molecule has 2 N–H and O–H groups in total. The normalized spacial score (nSPS) is 18.8. The van der Waals surface area contributed by atoms with Gasteiger partial charge >= 0.3 is 0 Å². The van der Waals surface area contributed by atoms with E-state index < -0.39 is 0 Å². The highest BCUT2D eigenvalue weighted by molar-refractivity contribution is 7.16. The second-order valence-corrected chi connectivity index (χ2v) is 5.85. The summed E-state index contributed by atoms with van der Waals surface area (Å²) in [4.78, 5) is 26.9. The lowest BCUT2D eigenvalue weighted by Crippen LogP contribution is -2.42. The van der Waals surface area contributed by atoms with Crippen molar-refractivity contribution >= 4 is 34.8 Å². The van der Waals surface area contributed by atoms with Crippen LogP contribution in [-0.2, 0) is 16.0 Å². The molecule has 1 aromatic heterocycles. The second-order valence-electron chi connectivity index (χ2n) is 4.17. The number of halogens is 1. The van der Waals surface area contributed by atoms with Gasteiger partial charge in [-0.2, -0.15) is 0 Å². The molecule has 0 aromatic carbocycles. The van der Waals surface area contributed by atoms with Gasteiger partial charge in [-0.1, -0.05) is 11.6 Å². The maximum absolute atomic E-state index is 11.7. The molecule has 1 fully saturated rings. The van der Waals surface area contributed by atoms with Crippen molar-refractivity contribution in [2.45, 2.75) is 32.2 Å². The van der Waals surface area contributed by atoms with Crippen LogP contribution in [0.1, 0.15) is 23.5 Å². The molecule has 98 valence electrons. The molecule has 18 heavy (non-hydrogen) atoms. The molecule has 1 atom stereocenters. The van der Waals surface area contributed by atoms with Crippen LogP contribution in [0.5, 0.6) is 0 Å². The quantitative estimate of drug-likeness (QED) is 0.869. The van der Waals surface area contributed by atoms with E-state index in [-0.39, 0.29) is 17.9 Å². The second kappa shape index (κ2) is 5.67. The molecule has 0 saturated carbocycles. The van der Waals surface area contributed by atoms with E-state index >= 15 is 0 Å². The first-order valence-electron chi connectivity index (χ1n) is 5.75. The highest BCUT2D eigenvalue weighted by atomic mass is 35.5. The van der Waals surface area contributed by atoms with Gasteiger partial charge in [0.05, 0.1) is 10.7 Å². The van der Waals surface area contributed by atoms with E-state index in [9.17, 15) is 9.59 Å². The number of aromatic nitrogens is 1. The topological polar surface area (TPSA) is 71.1 Å². The minimum atomic E-state index is -0.376. The zero-order valence-corrected chi connectivity index (χ0v) is 11.5. The third-order valence-corrected chi connectivity index (χ3v) is 4.24. The predicted octanol–water partition coefficient (Wildman–Crippen LogP) is 1.04. The molecular weight excluding hydrogens is 274 g/mol. The van der Waals surface area contributed by atoms with Gasteiger partial charge in [-0.15, -0.1) is 11.3 Å². The Bertz CT molecular complexity index is 455. The number of rotatable bonds is 4. The summed E-state index contributed by atoms with van der Waals surface area (Å²) >= 11 is 7.34. The van der Waals surface area contributed by atoms with Gasteiger partial charge in [0.2, 0.25) is 11.8 Å². The third kappa shape index (κ3) is 3.20. The Labute approximate surface area is 114 Å². The predicted molar refractivity (Wildman–Crippen MR) is 69.7 cm³/mol. The zero-order chi connectivity index (χ0) is 13.1. The molecule has 5 nitrogen and oxygen atoms in total. The largest absolute Gasteiger partial charge is 0.354 e. The fourth-order valence-electron chi connectivity index (χ4n) is 1.76. The maximum Gasteiger partial charge on any atom is 0.242 e. The number of thiazole rings is 1. The molecular formula is C11H14ClN3O2S. The average Bonchev–Trinajstić information content (AvgIpc) is 2.87. The van der Waals surface area contributed by atoms with Crippen molar-refractivity contribution in [2.24, 2.45) is 0 Å². The molecule has 1 aliphatic rings. The van der Waals surface area contributed by atoms with Gasteiger partial charge in [0.15, 0.2) is 0 Å². The summed E-state index contributed by atoms with van der Waals surface area (Å²) in [6, 6.07) is -0.376. The van der Waals surface area contributed by atoms with E-state index in [2.05, 4.69) is 15.6 Å². The molecule has 0 aliphatic carbocycles. The van der Waals surface area contributed by atoms with Crippen LogP contribution in [0.15, 0.2) is 0 Å². The Balaban J connectivity index is 1.75. The summed E-state index contributed by atoms with van der Waals surface area (Å²) in [5, 5.41) is 6.33. The Kier molecular flexibility index (Phi) is 4.19. The summed E-state index contributed by atoms with van der Waals surface area (Å²) in [5.74, 6) is -0.183. The van der Waals surface area contributed by atoms with Crippen molar-refractivity contribution in [3.8, 4) is 0 Å². The van der Waals surface area contributed by atoms with E-state index in [1.807, 2.05) is 6.92 Å². The minimum Gasteiger partial charge on any atom is -0.354 e. The van der Waals surface area contributed by atoms with E-state index in [0.717, 1.165) is 10.7 Å². The molecule has 2 amide bonds. The average molecular weight is 288 g/mol. The number of aryl methyl sites for hydroxylation is 1. The molecule has 0 unspecified atom stereocenters. The number of amides is 2. The molecule has 2 heterocycles. The Morgan fingerprint density at radius 2 is 2.44 bits per heavy atom. The number of nitrogens with one attached hydrogen (secondary N) is 2. The molecule has 0 spiro atoms. The molecule has 0 radical (unpaired) electrons. The number of carbonyl (C=O) groups is 2. The summed E-state index contributed by atoms with van der Waals surface area (Å²) in [6.45, 7) is 2.36. The first kappa shape index (κ1) is 13.3. The first-order valence-corrected chi connectivity index (χ1v) is 6.94. The van der Waals surface area contributed by atoms with E-state index in [0.29, 0.717) is 30.1 Å². The highest BCUT2D eigenvalue weighted by Gasteiger charge is 2.26. The van der Waals surface area contributed by atoms with E-state index in [4.69, 9.17) is 11.6 Å². The summed E-state index contributed by atoms with van der Waals surface area (Å²) < 4.78 is 0.694. The van der Waals surface area contributed by atoms with E-state index in [1.54, 1.807) is 0 Å². The van der Waals surface area contributed by atoms with E-state index in [1.165, 1.54) is 11.3 Å². The van der Waals surface area contributed by atoms with Gasteiger partial charge < -0.3 is 10.6 Å². The van der Waals surface area contributed by atoms with Crippen LogP contribution in [0, 0.1) is 6.92 Å². The van der Waals surface area contributed by atoms with Crippen LogP contribution >= 0.6 is 22.9 Å². The van der Waals surface area contributed by atoms with Crippen LogP contribution in [0.3, 0.4) is 0 Å². The smallest absolute Gasteiger partial charge is 0.242 e. The van der Waals surface area contributed by atoms with Gasteiger partial charge in [-0.3, -0.25) is 9.59 Å². The van der Waals surface area contributed by atoms with Gasteiger partial charge in [-0.25, -0.2) is 4.98 Å². The number of nitrogens with zero attached hydrogens (tertiary/aromatic N) is 1. The van der Waals surface area contributed by atoms with Crippen LogP contribution in [-0.4, -0.2) is 29.4 Å². The van der Waals surface area contributed by atoms with Crippen LogP contribution < -0.4 is 10.6 Å². The van der Waals surface area contributed by atoms with Crippen molar-refractivity contribution in [1.29, 1.82) is 0 Å². The Morgan fingerprint density at radius 1 is 1.67 bits per heavy atom. The van der Waals surface area contributed by atoms with Crippen LogP contribution in [0.2, 0.25) is 4.34 Å². The fraction of sp³-hybridized carbons (Fsp3) is 0.545. The Hall–Kier alpha value is -1.14. The fourth-order valence-corrected chi connectivity index (χ4v) is 2.86. The molecule has 1 aromatic rings. The number of hydrogen-bond acceptors (Lipinski definition) is 4. The highest BCUT2D eigenvalue weighted by Crippen LogP contribution is 2.23. The number of hydrogen-bond donors (Lipinski definition) is 2. The van der Waals surface area contributed by atoms with Crippen molar-refractivity contribution in [2.75, 3.05) is 6.54 Å². The van der Waals surface area contributed by atoms with Crippen LogP contribution in [0.25, 0.3) is 0 Å². The zero-order valence-electron chi connectivity index (χ0n) is 9.96. The van der Waals surface area contributed by atoms with Crippen molar-refractivity contribution in [3.63, 3.8) is 0 Å². The molecule has 7 heteroatoms. The monoisotopic (exact) mass is 287 g/mol. The third-order valence-electron chi connectivity index (χ3n) is 2.73. The van der Waals surface area contributed by atoms with Crippen LogP contribution in [0.4, 0.5) is 0 Å². The lowest BCUT2D eigenvalue weighted by Gasteiger charge is -2.09. The summed E-state index contributed by atoms with van der Waals surface area (Å²) in [7, 11) is 0. The molecule has 1 aliphatic heterocycles. The molecule has 1 saturated heterocycles. The minimum absolute atomic E-state index is 0.0579. The summed E-state index contributed by atoms with van der Waals surface area (Å²) in [6.07, 6.45) is 1.66. The van der Waals surface area contributed by atoms with Gasteiger partial charge in [-0.05, 0) is 13.3 Å². The van der Waals surface area contributed by atoms with Gasteiger partial charge in [0, 0.05) is 19.4 Å². The molecule has 0 bridgehead atoms. The maximum atomic E-state index is 11.7. The lowest BCUT2D eigenvalue weighted by molar-refractivity contribution is -0.125. The van der Waals surface area contributed by atoms with Gasteiger partial charge in [0.25, 0.3) is 0 Å². The van der Waals surface area contributed by atoms with Crippen molar-refractivity contribution < 1.29 is 9.59 Å².